The average molecular weight is 767 g/mol. The van der Waals surface area contributed by atoms with E-state index in [-0.39, 0.29) is 12.3 Å². The van der Waals surface area contributed by atoms with E-state index in [1.807, 2.05) is 22.7 Å². The molecule has 3 aromatic heterocycles. The molecular formula is C51H34N4S2. The molecule has 4 nitrogen and oxygen atoms in total. The summed E-state index contributed by atoms with van der Waals surface area (Å²) >= 11 is 3.77. The Bertz CT molecular complexity index is 3320. The molecule has 0 fully saturated rings. The lowest BCUT2D eigenvalue weighted by atomic mass is 9.99. The minimum Gasteiger partial charge on any atom is -0.350 e. The van der Waals surface area contributed by atoms with E-state index in [9.17, 15) is 0 Å². The van der Waals surface area contributed by atoms with Crippen LogP contribution in [0.25, 0.3) is 79.0 Å². The molecule has 0 saturated carbocycles. The van der Waals surface area contributed by atoms with Gasteiger partial charge in [-0.05, 0) is 47.0 Å². The number of rotatable bonds is 5. The van der Waals surface area contributed by atoms with Crippen LogP contribution >= 0.6 is 22.7 Å². The first-order valence-electron chi connectivity index (χ1n) is 19.4. The smallest absolute Gasteiger partial charge is 0.131 e. The zero-order chi connectivity index (χ0) is 37.5. The Morgan fingerprint density at radius 3 is 1.95 bits per heavy atom. The maximum atomic E-state index is 5.31. The second-order valence-electron chi connectivity index (χ2n) is 14.7. The highest BCUT2D eigenvalue weighted by molar-refractivity contribution is 7.27. The summed E-state index contributed by atoms with van der Waals surface area (Å²) < 4.78 is 7.62. The largest absolute Gasteiger partial charge is 0.350 e. The third-order valence-corrected chi connectivity index (χ3v) is 13.9. The van der Waals surface area contributed by atoms with Gasteiger partial charge in [0.05, 0.1) is 21.4 Å². The summed E-state index contributed by atoms with van der Waals surface area (Å²) in [5.74, 6) is 0.893. The Morgan fingerprint density at radius 1 is 0.491 bits per heavy atom. The van der Waals surface area contributed by atoms with Gasteiger partial charge in [-0.2, -0.15) is 0 Å². The van der Waals surface area contributed by atoms with Crippen LogP contribution in [0.15, 0.2) is 187 Å². The standard InChI is InChI=1S/C51H34N4S2/c1-3-14-31(15-4-1)49-52-50(32-16-5-2-6-17-32)54-51(53-49)40-23-13-27-44-46(40)39-29-28-33(30-45(39)56-44)34-20-11-21-37-38-22-12-26-43(48(38)57-47(34)37)55-41-24-9-7-18-35(41)36-19-8-10-25-42(36)55/h1-30,49,51,53H,(H,52,54). The van der Waals surface area contributed by atoms with E-state index in [4.69, 9.17) is 4.99 Å². The molecule has 2 atom stereocenters. The van der Waals surface area contributed by atoms with Gasteiger partial charge in [0.2, 0.25) is 0 Å². The van der Waals surface area contributed by atoms with E-state index in [0.717, 1.165) is 11.4 Å². The fourth-order valence-corrected chi connectivity index (χ4v) is 11.4. The number of hydrogen-bond donors (Lipinski definition) is 2. The summed E-state index contributed by atoms with van der Waals surface area (Å²) in [4.78, 5) is 5.31. The number of nitrogens with one attached hydrogen (secondary N) is 2. The zero-order valence-corrected chi connectivity index (χ0v) is 32.3. The van der Waals surface area contributed by atoms with Crippen molar-refractivity contribution >= 4 is 90.7 Å². The van der Waals surface area contributed by atoms with Crippen molar-refractivity contribution in [2.45, 2.75) is 12.3 Å². The van der Waals surface area contributed by atoms with Crippen LogP contribution in [0.5, 0.6) is 0 Å². The molecule has 0 aliphatic carbocycles. The number of amidine groups is 1. The van der Waals surface area contributed by atoms with Crippen LogP contribution in [-0.2, 0) is 0 Å². The van der Waals surface area contributed by atoms with E-state index in [2.05, 4.69) is 197 Å². The second-order valence-corrected chi connectivity index (χ2v) is 16.8. The summed E-state index contributed by atoms with van der Waals surface area (Å²) in [6.07, 6.45) is -0.322. The number of nitrogens with zero attached hydrogens (tertiary/aromatic N) is 2. The molecule has 0 spiro atoms. The van der Waals surface area contributed by atoms with Crippen molar-refractivity contribution in [1.82, 2.24) is 15.2 Å². The summed E-state index contributed by atoms with van der Waals surface area (Å²) in [6.45, 7) is 0. The van der Waals surface area contributed by atoms with Crippen LogP contribution in [0, 0.1) is 0 Å². The molecule has 6 heteroatoms. The fraction of sp³-hybridized carbons (Fsp3) is 0.0392. The molecule has 2 N–H and O–H groups in total. The lowest BCUT2D eigenvalue weighted by molar-refractivity contribution is 0.410. The van der Waals surface area contributed by atoms with E-state index in [0.29, 0.717) is 0 Å². The fourth-order valence-electron chi connectivity index (χ4n) is 8.92. The Balaban J connectivity index is 0.994. The molecule has 57 heavy (non-hydrogen) atoms. The van der Waals surface area contributed by atoms with Crippen LogP contribution in [0.3, 0.4) is 0 Å². The highest BCUT2D eigenvalue weighted by Gasteiger charge is 2.27. The highest BCUT2D eigenvalue weighted by atomic mass is 32.1. The van der Waals surface area contributed by atoms with E-state index >= 15 is 0 Å². The minimum absolute atomic E-state index is 0.0899. The van der Waals surface area contributed by atoms with Gasteiger partial charge in [0.25, 0.3) is 0 Å². The molecule has 1 aliphatic rings. The molecule has 12 rings (SSSR count). The average Bonchev–Trinajstić information content (AvgIpc) is 3.96. The number of para-hydroxylation sites is 2. The third-order valence-electron chi connectivity index (χ3n) is 11.5. The topological polar surface area (TPSA) is 41.4 Å². The Kier molecular flexibility index (Phi) is 7.45. The molecule has 4 heterocycles. The van der Waals surface area contributed by atoms with Gasteiger partial charge in [0.15, 0.2) is 0 Å². The van der Waals surface area contributed by atoms with Gasteiger partial charge < -0.3 is 9.88 Å². The summed E-state index contributed by atoms with van der Waals surface area (Å²) in [5, 5.41) is 15.2. The maximum absolute atomic E-state index is 5.31. The second kappa shape index (κ2) is 13.0. The SMILES string of the molecule is c1ccc(C2=NC(c3cccc4sc5cc(-c6cccc7c6sc6c(-n8c9ccccc9c9ccccc98)cccc67)ccc5c34)NC(c3ccccc3)N2)cc1. The van der Waals surface area contributed by atoms with Crippen molar-refractivity contribution in [1.29, 1.82) is 0 Å². The van der Waals surface area contributed by atoms with Gasteiger partial charge in [-0.1, -0.05) is 152 Å². The van der Waals surface area contributed by atoms with E-state index < -0.39 is 0 Å². The monoisotopic (exact) mass is 766 g/mol. The third kappa shape index (κ3) is 5.19. The summed E-state index contributed by atoms with van der Waals surface area (Å²) in [5.41, 5.74) is 9.63. The van der Waals surface area contributed by atoms with Crippen LogP contribution < -0.4 is 10.6 Å². The molecule has 0 bridgehead atoms. The number of benzene rings is 8. The Morgan fingerprint density at radius 2 is 1.16 bits per heavy atom. The molecule has 0 saturated heterocycles. The number of aromatic nitrogens is 1. The molecule has 8 aromatic carbocycles. The summed E-state index contributed by atoms with van der Waals surface area (Å²) in [7, 11) is 0. The van der Waals surface area contributed by atoms with Crippen molar-refractivity contribution in [3.8, 4) is 16.8 Å². The lowest BCUT2D eigenvalue weighted by Crippen LogP contribution is -2.44. The van der Waals surface area contributed by atoms with Crippen LogP contribution in [-0.4, -0.2) is 10.4 Å². The quantitative estimate of drug-likeness (QED) is 0.183. The highest BCUT2D eigenvalue weighted by Crippen LogP contribution is 2.46. The van der Waals surface area contributed by atoms with Crippen LogP contribution in [0.2, 0.25) is 0 Å². The number of fused-ring (bicyclic) bond motifs is 9. The first kappa shape index (κ1) is 32.7. The Hall–Kier alpha value is -6.57. The first-order chi connectivity index (χ1) is 28.3. The van der Waals surface area contributed by atoms with Gasteiger partial charge in [-0.25, -0.2) is 4.99 Å². The van der Waals surface area contributed by atoms with Gasteiger partial charge in [-0.15, -0.1) is 22.7 Å². The molecule has 270 valence electrons. The minimum atomic E-state index is -0.233. The predicted molar refractivity (Wildman–Crippen MR) is 243 cm³/mol. The molecule has 0 radical (unpaired) electrons. The molecule has 0 amide bonds. The van der Waals surface area contributed by atoms with Gasteiger partial charge in [0, 0.05) is 57.5 Å². The first-order valence-corrected chi connectivity index (χ1v) is 21.0. The van der Waals surface area contributed by atoms with E-state index in [1.54, 1.807) is 0 Å². The molecular weight excluding hydrogens is 733 g/mol. The molecule has 11 aromatic rings. The van der Waals surface area contributed by atoms with Crippen molar-refractivity contribution in [2.24, 2.45) is 4.99 Å². The number of hydrogen-bond acceptors (Lipinski definition) is 5. The predicted octanol–water partition coefficient (Wildman–Crippen LogP) is 13.5. The van der Waals surface area contributed by atoms with Gasteiger partial charge in [0.1, 0.15) is 18.2 Å². The van der Waals surface area contributed by atoms with Crippen LogP contribution in [0.4, 0.5) is 0 Å². The van der Waals surface area contributed by atoms with Crippen molar-refractivity contribution < 1.29 is 0 Å². The Labute approximate surface area is 337 Å². The molecule has 1 aliphatic heterocycles. The maximum Gasteiger partial charge on any atom is 0.131 e. The normalized spacial score (nSPS) is 15.9. The van der Waals surface area contributed by atoms with Gasteiger partial charge in [-0.3, -0.25) is 5.32 Å². The van der Waals surface area contributed by atoms with E-state index in [1.165, 1.54) is 90.1 Å². The molecule has 2 unspecified atom stereocenters. The van der Waals surface area contributed by atoms with Gasteiger partial charge >= 0.3 is 0 Å². The zero-order valence-electron chi connectivity index (χ0n) is 30.7. The summed E-state index contributed by atoms with van der Waals surface area (Å²) in [6, 6.07) is 65.9. The van der Waals surface area contributed by atoms with Crippen molar-refractivity contribution in [2.75, 3.05) is 0 Å². The lowest BCUT2D eigenvalue weighted by Gasteiger charge is -2.32. The van der Waals surface area contributed by atoms with Crippen molar-refractivity contribution in [3.05, 3.63) is 199 Å². The number of aliphatic imine (C=N–C) groups is 1. The van der Waals surface area contributed by atoms with Crippen LogP contribution in [0.1, 0.15) is 29.0 Å². The number of thiophene rings is 2. The van der Waals surface area contributed by atoms with Crippen molar-refractivity contribution in [3.63, 3.8) is 0 Å².